The molecule has 3 heterocycles. The van der Waals surface area contributed by atoms with Crippen molar-refractivity contribution >= 4 is 5.91 Å². The Kier molecular flexibility index (Phi) is 6.81. The Morgan fingerprint density at radius 3 is 2.76 bits per heavy atom. The Morgan fingerprint density at radius 1 is 1.07 bits per heavy atom. The molecule has 0 radical (unpaired) electrons. The number of carbonyl (C=O) groups is 1. The number of fused-ring (bicyclic) bond motifs is 1. The number of nitrogens with one attached hydrogen (secondary N) is 1. The zero-order valence-electron chi connectivity index (χ0n) is 16.8. The van der Waals surface area contributed by atoms with Crippen molar-refractivity contribution < 1.29 is 9.53 Å². The molecule has 0 saturated carbocycles. The van der Waals surface area contributed by atoms with E-state index in [1.165, 1.54) is 11.1 Å². The van der Waals surface area contributed by atoms with Gasteiger partial charge in [-0.3, -0.25) is 14.6 Å². The standard InChI is InChI=1S/C20H29N7O2/c28-20(21-7-10-25-8-5-17-3-1-2-4-18(17)15-25)6-9-27-19(22-23-24-27)16-26-11-13-29-14-12-26/h1-4H,5-16H2,(H,21,28). The summed E-state index contributed by atoms with van der Waals surface area (Å²) in [6, 6.07) is 8.60. The molecular formula is C20H29N7O2. The highest BCUT2D eigenvalue weighted by atomic mass is 16.5. The minimum Gasteiger partial charge on any atom is -0.379 e. The van der Waals surface area contributed by atoms with Crippen LogP contribution in [0.3, 0.4) is 0 Å². The third-order valence-electron chi connectivity index (χ3n) is 5.59. The number of amides is 1. The highest BCUT2D eigenvalue weighted by molar-refractivity contribution is 5.75. The highest BCUT2D eigenvalue weighted by Gasteiger charge is 2.17. The lowest BCUT2D eigenvalue weighted by Gasteiger charge is -2.28. The maximum atomic E-state index is 12.2. The SMILES string of the molecule is O=C(CCn1nnnc1CN1CCOCC1)NCCN1CCc2ccccc2C1. The normalized spacial score (nSPS) is 17.8. The third-order valence-corrected chi connectivity index (χ3v) is 5.59. The zero-order valence-corrected chi connectivity index (χ0v) is 16.8. The van der Waals surface area contributed by atoms with Crippen LogP contribution in [0.4, 0.5) is 0 Å². The molecule has 0 atom stereocenters. The molecule has 2 aromatic rings. The lowest BCUT2D eigenvalue weighted by Crippen LogP contribution is -2.38. The van der Waals surface area contributed by atoms with Gasteiger partial charge in [-0.15, -0.1) is 5.10 Å². The van der Waals surface area contributed by atoms with Crippen molar-refractivity contribution in [1.29, 1.82) is 0 Å². The number of nitrogens with zero attached hydrogens (tertiary/aromatic N) is 6. The minimum atomic E-state index is 0.0373. The van der Waals surface area contributed by atoms with Gasteiger partial charge < -0.3 is 10.1 Å². The molecule has 1 saturated heterocycles. The molecule has 0 aliphatic carbocycles. The van der Waals surface area contributed by atoms with Gasteiger partial charge in [0.15, 0.2) is 5.82 Å². The van der Waals surface area contributed by atoms with Gasteiger partial charge in [-0.2, -0.15) is 0 Å². The maximum absolute atomic E-state index is 12.2. The van der Waals surface area contributed by atoms with E-state index in [2.05, 4.69) is 54.9 Å². The number of benzene rings is 1. The van der Waals surface area contributed by atoms with Crippen molar-refractivity contribution in [2.75, 3.05) is 45.9 Å². The van der Waals surface area contributed by atoms with Crippen molar-refractivity contribution in [2.24, 2.45) is 0 Å². The summed E-state index contributed by atoms with van der Waals surface area (Å²) in [4.78, 5) is 16.9. The van der Waals surface area contributed by atoms with E-state index >= 15 is 0 Å². The van der Waals surface area contributed by atoms with Crippen LogP contribution in [0.1, 0.15) is 23.4 Å². The van der Waals surface area contributed by atoms with Crippen LogP contribution in [-0.2, 0) is 35.6 Å². The average molecular weight is 399 g/mol. The first-order valence-electron chi connectivity index (χ1n) is 10.4. The smallest absolute Gasteiger partial charge is 0.221 e. The van der Waals surface area contributed by atoms with Gasteiger partial charge in [-0.1, -0.05) is 24.3 Å². The van der Waals surface area contributed by atoms with Crippen LogP contribution in [0.2, 0.25) is 0 Å². The molecule has 9 heteroatoms. The summed E-state index contributed by atoms with van der Waals surface area (Å²) in [6.07, 6.45) is 1.46. The molecule has 1 aromatic carbocycles. The Balaban J connectivity index is 1.16. The van der Waals surface area contributed by atoms with Gasteiger partial charge in [-0.05, 0) is 28.0 Å². The van der Waals surface area contributed by atoms with Crippen molar-refractivity contribution in [1.82, 2.24) is 35.3 Å². The van der Waals surface area contributed by atoms with E-state index in [1.807, 2.05) is 0 Å². The maximum Gasteiger partial charge on any atom is 0.221 e. The molecule has 29 heavy (non-hydrogen) atoms. The molecule has 156 valence electrons. The zero-order chi connectivity index (χ0) is 19.9. The van der Waals surface area contributed by atoms with Crippen molar-refractivity contribution in [3.05, 3.63) is 41.2 Å². The summed E-state index contributed by atoms with van der Waals surface area (Å²) >= 11 is 0. The van der Waals surface area contributed by atoms with E-state index in [1.54, 1.807) is 4.68 Å². The summed E-state index contributed by atoms with van der Waals surface area (Å²) in [6.45, 7) is 7.97. The van der Waals surface area contributed by atoms with Crippen molar-refractivity contribution in [3.8, 4) is 0 Å². The fourth-order valence-electron chi connectivity index (χ4n) is 3.86. The van der Waals surface area contributed by atoms with Gasteiger partial charge >= 0.3 is 0 Å². The fourth-order valence-corrected chi connectivity index (χ4v) is 3.86. The van der Waals surface area contributed by atoms with E-state index < -0.39 is 0 Å². The lowest BCUT2D eigenvalue weighted by molar-refractivity contribution is -0.121. The molecule has 1 aromatic heterocycles. The van der Waals surface area contributed by atoms with E-state index in [-0.39, 0.29) is 5.91 Å². The quantitative estimate of drug-likeness (QED) is 0.672. The van der Waals surface area contributed by atoms with Crippen LogP contribution in [0, 0.1) is 0 Å². The number of carbonyl (C=O) groups excluding carboxylic acids is 1. The second-order valence-corrected chi connectivity index (χ2v) is 7.60. The van der Waals surface area contributed by atoms with Crippen LogP contribution in [0.25, 0.3) is 0 Å². The van der Waals surface area contributed by atoms with Crippen LogP contribution < -0.4 is 5.32 Å². The molecule has 1 N–H and O–H groups in total. The predicted octanol–water partition coefficient (Wildman–Crippen LogP) is 0.0699. The van der Waals surface area contributed by atoms with E-state index in [0.717, 1.165) is 58.2 Å². The van der Waals surface area contributed by atoms with Gasteiger partial charge in [0, 0.05) is 45.7 Å². The average Bonchev–Trinajstić information content (AvgIpc) is 3.20. The Morgan fingerprint density at radius 2 is 1.90 bits per heavy atom. The Bertz CT molecular complexity index is 804. The lowest BCUT2D eigenvalue weighted by atomic mass is 10.00. The fraction of sp³-hybridized carbons (Fsp3) is 0.600. The van der Waals surface area contributed by atoms with Crippen LogP contribution >= 0.6 is 0 Å². The molecule has 1 amide bonds. The van der Waals surface area contributed by atoms with Gasteiger partial charge in [0.25, 0.3) is 0 Å². The van der Waals surface area contributed by atoms with Gasteiger partial charge in [0.05, 0.1) is 26.3 Å². The molecule has 9 nitrogen and oxygen atoms in total. The van der Waals surface area contributed by atoms with Crippen molar-refractivity contribution in [3.63, 3.8) is 0 Å². The number of morpholine rings is 1. The number of aryl methyl sites for hydroxylation is 1. The first kappa shape index (κ1) is 19.9. The first-order chi connectivity index (χ1) is 14.3. The number of hydrogen-bond acceptors (Lipinski definition) is 7. The molecule has 2 aliphatic rings. The Hall–Kier alpha value is -2.36. The molecule has 1 fully saturated rings. The van der Waals surface area contributed by atoms with Crippen molar-refractivity contribution in [2.45, 2.75) is 32.5 Å². The van der Waals surface area contributed by atoms with E-state index in [9.17, 15) is 4.79 Å². The monoisotopic (exact) mass is 399 g/mol. The van der Waals surface area contributed by atoms with E-state index in [0.29, 0.717) is 26.1 Å². The minimum absolute atomic E-state index is 0.0373. The number of tetrazole rings is 1. The molecule has 0 bridgehead atoms. The second kappa shape index (κ2) is 9.91. The topological polar surface area (TPSA) is 88.4 Å². The molecule has 0 unspecified atom stereocenters. The summed E-state index contributed by atoms with van der Waals surface area (Å²) in [5.41, 5.74) is 2.85. The van der Waals surface area contributed by atoms with Crippen LogP contribution in [0.5, 0.6) is 0 Å². The Labute approximate surface area is 171 Å². The predicted molar refractivity (Wildman–Crippen MR) is 107 cm³/mol. The van der Waals surface area contributed by atoms with Crippen LogP contribution in [-0.4, -0.2) is 81.9 Å². The largest absolute Gasteiger partial charge is 0.379 e. The molecule has 0 spiro atoms. The second-order valence-electron chi connectivity index (χ2n) is 7.60. The van der Waals surface area contributed by atoms with Crippen LogP contribution in [0.15, 0.2) is 24.3 Å². The number of hydrogen-bond donors (Lipinski definition) is 1. The summed E-state index contributed by atoms with van der Waals surface area (Å²) in [5, 5.41) is 15.0. The summed E-state index contributed by atoms with van der Waals surface area (Å²) < 4.78 is 7.10. The highest BCUT2D eigenvalue weighted by Crippen LogP contribution is 2.17. The molecule has 2 aliphatic heterocycles. The van der Waals surface area contributed by atoms with Gasteiger partial charge in [0.1, 0.15) is 0 Å². The number of rotatable bonds is 8. The molecule has 4 rings (SSSR count). The first-order valence-corrected chi connectivity index (χ1v) is 10.4. The number of ether oxygens (including phenoxy) is 1. The van der Waals surface area contributed by atoms with Gasteiger partial charge in [0.2, 0.25) is 5.91 Å². The molecular weight excluding hydrogens is 370 g/mol. The third kappa shape index (κ3) is 5.59. The van der Waals surface area contributed by atoms with Gasteiger partial charge in [-0.25, -0.2) is 4.68 Å². The number of aromatic nitrogens is 4. The summed E-state index contributed by atoms with van der Waals surface area (Å²) in [7, 11) is 0. The van der Waals surface area contributed by atoms with E-state index in [4.69, 9.17) is 4.74 Å². The summed E-state index contributed by atoms with van der Waals surface area (Å²) in [5.74, 6) is 0.835.